The van der Waals surface area contributed by atoms with Crippen LogP contribution < -0.4 is 0 Å². The van der Waals surface area contributed by atoms with Crippen LogP contribution in [0.2, 0.25) is 0 Å². The van der Waals surface area contributed by atoms with E-state index in [1.807, 2.05) is 20.8 Å². The SMILES string of the molecule is C=C1CN(S(=O)(=O)c2ccc(C)cc2)CC1(C1=CCN(S(=O)(=O)c2ccc(C)cc2)C1)S(=O)(=O)c1ccc(C)cc1. The summed E-state index contributed by atoms with van der Waals surface area (Å²) < 4.78 is 83.9. The van der Waals surface area contributed by atoms with Crippen LogP contribution in [0.25, 0.3) is 0 Å². The summed E-state index contributed by atoms with van der Waals surface area (Å²) in [5.41, 5.74) is 3.12. The third-order valence-corrected chi connectivity index (χ3v) is 14.0. The van der Waals surface area contributed by atoms with E-state index in [1.165, 1.54) is 40.7 Å². The molecule has 0 radical (unpaired) electrons. The Morgan fingerprint density at radius 3 is 1.49 bits per heavy atom. The molecule has 8 nitrogen and oxygen atoms in total. The van der Waals surface area contributed by atoms with Gasteiger partial charge in [0.15, 0.2) is 9.84 Å². The summed E-state index contributed by atoms with van der Waals surface area (Å²) in [7, 11) is -12.3. The highest BCUT2D eigenvalue weighted by Gasteiger charge is 2.58. The number of sulfonamides is 2. The second-order valence-electron chi connectivity index (χ2n) is 10.7. The lowest BCUT2D eigenvalue weighted by molar-refractivity contribution is 0.456. The highest BCUT2D eigenvalue weighted by molar-refractivity contribution is 7.93. The first kappa shape index (κ1) is 29.4. The molecule has 0 N–H and O–H groups in total. The van der Waals surface area contributed by atoms with Crippen molar-refractivity contribution in [3.63, 3.8) is 0 Å². The molecule has 216 valence electrons. The number of hydrogen-bond donors (Lipinski definition) is 0. The number of rotatable bonds is 7. The number of sulfone groups is 1. The van der Waals surface area contributed by atoms with Crippen molar-refractivity contribution in [3.05, 3.63) is 113 Å². The molecule has 2 heterocycles. The number of hydrogen-bond acceptors (Lipinski definition) is 6. The molecule has 11 heteroatoms. The van der Waals surface area contributed by atoms with Gasteiger partial charge in [0.05, 0.1) is 14.7 Å². The van der Waals surface area contributed by atoms with Crippen LogP contribution in [-0.4, -0.2) is 64.8 Å². The monoisotopic (exact) mass is 612 g/mol. The zero-order valence-corrected chi connectivity index (χ0v) is 25.6. The van der Waals surface area contributed by atoms with E-state index in [9.17, 15) is 25.3 Å². The van der Waals surface area contributed by atoms with Gasteiger partial charge in [0, 0.05) is 26.2 Å². The topological polar surface area (TPSA) is 109 Å². The number of benzene rings is 3. The van der Waals surface area contributed by atoms with Gasteiger partial charge in [-0.25, -0.2) is 25.3 Å². The Hall–Kier alpha value is -3.09. The third kappa shape index (κ3) is 4.89. The van der Waals surface area contributed by atoms with Crippen molar-refractivity contribution in [3.8, 4) is 0 Å². The molecule has 0 amide bonds. The molecule has 0 bridgehead atoms. The lowest BCUT2D eigenvalue weighted by Crippen LogP contribution is -2.47. The normalized spacial score (nSPS) is 20.9. The van der Waals surface area contributed by atoms with Crippen molar-refractivity contribution in [1.29, 1.82) is 0 Å². The first-order valence-electron chi connectivity index (χ1n) is 13.0. The van der Waals surface area contributed by atoms with E-state index >= 15 is 0 Å². The van der Waals surface area contributed by atoms with Crippen LogP contribution in [0.3, 0.4) is 0 Å². The molecule has 1 fully saturated rings. The Morgan fingerprint density at radius 2 is 1.02 bits per heavy atom. The standard InChI is InChI=1S/C30H32N2O6S3/c1-22-5-11-27(12-6-22)39(33,34)30(21-32(19-25(30)4)41(37,38)29-15-9-24(3)10-16-29)26-17-18-31(20-26)40(35,36)28-13-7-23(2)8-14-28/h5-17H,4,18-21H2,1-3H3. The van der Waals surface area contributed by atoms with Gasteiger partial charge in [-0.3, -0.25) is 0 Å². The quantitative estimate of drug-likeness (QED) is 0.373. The minimum atomic E-state index is -4.27. The van der Waals surface area contributed by atoms with Crippen molar-refractivity contribution >= 4 is 29.9 Å². The lowest BCUT2D eigenvalue weighted by atomic mass is 9.94. The van der Waals surface area contributed by atoms with Crippen molar-refractivity contribution in [2.45, 2.75) is 40.2 Å². The van der Waals surface area contributed by atoms with Gasteiger partial charge in [-0.1, -0.05) is 65.7 Å². The van der Waals surface area contributed by atoms with Gasteiger partial charge >= 0.3 is 0 Å². The molecule has 1 unspecified atom stereocenters. The Kier molecular flexibility index (Phi) is 7.40. The van der Waals surface area contributed by atoms with E-state index in [0.717, 1.165) is 21.0 Å². The van der Waals surface area contributed by atoms with E-state index in [1.54, 1.807) is 42.5 Å². The first-order chi connectivity index (χ1) is 19.2. The summed E-state index contributed by atoms with van der Waals surface area (Å²) in [5, 5.41) is 0. The van der Waals surface area contributed by atoms with Gasteiger partial charge in [-0.05, 0) is 68.3 Å². The molecule has 0 saturated carbocycles. The van der Waals surface area contributed by atoms with Gasteiger partial charge in [0.1, 0.15) is 4.75 Å². The molecule has 0 spiro atoms. The second-order valence-corrected chi connectivity index (χ2v) is 16.7. The molecular weight excluding hydrogens is 581 g/mol. The lowest BCUT2D eigenvalue weighted by Gasteiger charge is -2.32. The van der Waals surface area contributed by atoms with Gasteiger partial charge in [-0.2, -0.15) is 8.61 Å². The fourth-order valence-corrected chi connectivity index (χ4v) is 10.4. The van der Waals surface area contributed by atoms with Gasteiger partial charge in [0.25, 0.3) is 0 Å². The predicted molar refractivity (Wildman–Crippen MR) is 158 cm³/mol. The fourth-order valence-electron chi connectivity index (χ4n) is 5.35. The molecule has 1 saturated heterocycles. The maximum Gasteiger partial charge on any atom is 0.243 e. The third-order valence-electron chi connectivity index (χ3n) is 7.85. The summed E-state index contributed by atoms with van der Waals surface area (Å²) in [6.45, 7) is 8.74. The Balaban J connectivity index is 1.59. The highest BCUT2D eigenvalue weighted by atomic mass is 32.2. The fraction of sp³-hybridized carbons (Fsp3) is 0.267. The second kappa shape index (κ2) is 10.3. The number of nitrogens with zero attached hydrogens (tertiary/aromatic N) is 2. The van der Waals surface area contributed by atoms with Crippen molar-refractivity contribution in [2.24, 2.45) is 0 Å². The summed E-state index contributed by atoms with van der Waals surface area (Å²) >= 11 is 0. The zero-order valence-electron chi connectivity index (χ0n) is 23.1. The highest BCUT2D eigenvalue weighted by Crippen LogP contribution is 2.46. The van der Waals surface area contributed by atoms with Crippen LogP contribution in [0.1, 0.15) is 16.7 Å². The molecule has 5 rings (SSSR count). The smallest absolute Gasteiger partial charge is 0.222 e. The molecule has 2 aliphatic heterocycles. The van der Waals surface area contributed by atoms with E-state index in [-0.39, 0.29) is 39.9 Å². The number of aryl methyl sites for hydroxylation is 3. The van der Waals surface area contributed by atoms with E-state index in [2.05, 4.69) is 6.58 Å². The summed E-state index contributed by atoms with van der Waals surface area (Å²) in [6.07, 6.45) is 1.59. The van der Waals surface area contributed by atoms with Gasteiger partial charge in [-0.15, -0.1) is 0 Å². The molecule has 0 aromatic heterocycles. The van der Waals surface area contributed by atoms with Crippen LogP contribution in [-0.2, 0) is 29.9 Å². The summed E-state index contributed by atoms with van der Waals surface area (Å²) in [6, 6.07) is 19.1. The molecule has 1 atom stereocenters. The first-order valence-corrected chi connectivity index (χ1v) is 17.4. The van der Waals surface area contributed by atoms with Crippen LogP contribution in [0.4, 0.5) is 0 Å². The molecule has 41 heavy (non-hydrogen) atoms. The van der Waals surface area contributed by atoms with Gasteiger partial charge in [0.2, 0.25) is 20.0 Å². The average Bonchev–Trinajstić information content (AvgIpc) is 3.56. The largest absolute Gasteiger partial charge is 0.243 e. The van der Waals surface area contributed by atoms with Crippen LogP contribution in [0, 0.1) is 20.8 Å². The molecule has 2 aliphatic rings. The summed E-state index contributed by atoms with van der Waals surface area (Å²) in [5.74, 6) is 0. The Morgan fingerprint density at radius 1 is 0.610 bits per heavy atom. The van der Waals surface area contributed by atoms with Crippen LogP contribution in [0.5, 0.6) is 0 Å². The predicted octanol–water partition coefficient (Wildman–Crippen LogP) is 4.02. The van der Waals surface area contributed by atoms with Crippen molar-refractivity contribution in [2.75, 3.05) is 26.2 Å². The molecule has 0 aliphatic carbocycles. The van der Waals surface area contributed by atoms with Crippen molar-refractivity contribution < 1.29 is 25.3 Å². The van der Waals surface area contributed by atoms with E-state index < -0.39 is 41.2 Å². The van der Waals surface area contributed by atoms with Gasteiger partial charge < -0.3 is 0 Å². The van der Waals surface area contributed by atoms with Crippen LogP contribution >= 0.6 is 0 Å². The average molecular weight is 613 g/mol. The van der Waals surface area contributed by atoms with E-state index in [0.29, 0.717) is 5.57 Å². The Bertz CT molecular complexity index is 1860. The molecule has 3 aromatic carbocycles. The maximum atomic E-state index is 14.5. The molecular formula is C30H32N2O6S3. The zero-order chi connectivity index (χ0) is 29.8. The minimum absolute atomic E-state index is 0.0135. The van der Waals surface area contributed by atoms with E-state index in [4.69, 9.17) is 0 Å². The Labute approximate surface area is 242 Å². The maximum absolute atomic E-state index is 14.5. The molecule has 3 aromatic rings. The van der Waals surface area contributed by atoms with Crippen LogP contribution in [0.15, 0.2) is 111 Å². The van der Waals surface area contributed by atoms with Crippen molar-refractivity contribution in [1.82, 2.24) is 8.61 Å². The minimum Gasteiger partial charge on any atom is -0.222 e. The summed E-state index contributed by atoms with van der Waals surface area (Å²) in [4.78, 5) is 0.157.